The summed E-state index contributed by atoms with van der Waals surface area (Å²) in [6.45, 7) is 4.21. The van der Waals surface area contributed by atoms with Crippen LogP contribution in [0.5, 0.6) is 0 Å². The van der Waals surface area contributed by atoms with Crippen LogP contribution in [0.1, 0.15) is 45.4 Å². The van der Waals surface area contributed by atoms with Gasteiger partial charge in [-0.2, -0.15) is 0 Å². The minimum atomic E-state index is 0.323. The van der Waals surface area contributed by atoms with Crippen molar-refractivity contribution in [3.8, 4) is 0 Å². The Labute approximate surface area is 102 Å². The molecule has 3 heteroatoms. The second kappa shape index (κ2) is 7.26. The van der Waals surface area contributed by atoms with Gasteiger partial charge in [0.15, 0.2) is 0 Å². The van der Waals surface area contributed by atoms with E-state index in [9.17, 15) is 4.79 Å². The Balaban J connectivity index is 2.35. The van der Waals surface area contributed by atoms with Gasteiger partial charge in [-0.25, -0.2) is 0 Å². The number of nitrogens with zero attached hydrogens (tertiary/aromatic N) is 1. The van der Waals surface area contributed by atoms with Gasteiger partial charge in [0, 0.05) is 24.8 Å². The van der Waals surface area contributed by atoms with E-state index in [0.717, 1.165) is 24.3 Å². The molecule has 2 nitrogen and oxygen atoms in total. The average Bonchev–Trinajstić information content (AvgIpc) is 2.44. The van der Waals surface area contributed by atoms with Gasteiger partial charge in [0.2, 0.25) is 5.91 Å². The minimum absolute atomic E-state index is 0.323. The highest BCUT2D eigenvalue weighted by Gasteiger charge is 2.19. The summed E-state index contributed by atoms with van der Waals surface area (Å²) in [5.74, 6) is 1.18. The number of halogens is 1. The predicted molar refractivity (Wildman–Crippen MR) is 67.2 cm³/mol. The van der Waals surface area contributed by atoms with Gasteiger partial charge in [-0.3, -0.25) is 4.79 Å². The van der Waals surface area contributed by atoms with Gasteiger partial charge in [0.05, 0.1) is 0 Å². The highest BCUT2D eigenvalue weighted by atomic mass is 79.9. The molecule has 1 unspecified atom stereocenters. The maximum atomic E-state index is 11.7. The first-order valence-corrected chi connectivity index (χ1v) is 7.23. The van der Waals surface area contributed by atoms with Crippen molar-refractivity contribution >= 4 is 21.8 Å². The quantitative estimate of drug-likeness (QED) is 0.722. The fourth-order valence-electron chi connectivity index (χ4n) is 2.35. The van der Waals surface area contributed by atoms with Gasteiger partial charge in [0.25, 0.3) is 0 Å². The van der Waals surface area contributed by atoms with Gasteiger partial charge in [0.1, 0.15) is 0 Å². The van der Waals surface area contributed by atoms with Crippen LogP contribution < -0.4 is 0 Å². The summed E-state index contributed by atoms with van der Waals surface area (Å²) < 4.78 is 0. The smallest absolute Gasteiger partial charge is 0.223 e. The lowest BCUT2D eigenvalue weighted by Gasteiger charge is -2.20. The molecule has 0 saturated carbocycles. The van der Waals surface area contributed by atoms with Crippen LogP contribution in [0.3, 0.4) is 0 Å². The zero-order valence-corrected chi connectivity index (χ0v) is 11.3. The van der Waals surface area contributed by atoms with Crippen molar-refractivity contribution in [1.29, 1.82) is 0 Å². The SMILES string of the molecule is CCCC1CCCN(C(=O)CCBr)CC1. The highest BCUT2D eigenvalue weighted by Crippen LogP contribution is 2.22. The first-order chi connectivity index (χ1) is 7.27. The molecule has 0 spiro atoms. The summed E-state index contributed by atoms with van der Waals surface area (Å²) in [5.41, 5.74) is 0. The van der Waals surface area contributed by atoms with E-state index >= 15 is 0 Å². The van der Waals surface area contributed by atoms with E-state index in [1.807, 2.05) is 0 Å². The summed E-state index contributed by atoms with van der Waals surface area (Å²) in [4.78, 5) is 13.8. The van der Waals surface area contributed by atoms with Gasteiger partial charge >= 0.3 is 0 Å². The van der Waals surface area contributed by atoms with Crippen LogP contribution in [0, 0.1) is 5.92 Å². The number of hydrogen-bond donors (Lipinski definition) is 0. The molecule has 1 saturated heterocycles. The summed E-state index contributed by atoms with van der Waals surface area (Å²) >= 11 is 3.33. The first-order valence-electron chi connectivity index (χ1n) is 6.11. The molecule has 1 rings (SSSR count). The lowest BCUT2D eigenvalue weighted by atomic mass is 9.96. The molecule has 0 aromatic heterocycles. The molecule has 0 aliphatic carbocycles. The van der Waals surface area contributed by atoms with E-state index in [1.54, 1.807) is 0 Å². The van der Waals surface area contributed by atoms with E-state index in [1.165, 1.54) is 32.1 Å². The molecule has 0 aromatic rings. The molecule has 0 N–H and O–H groups in total. The van der Waals surface area contributed by atoms with Crippen LogP contribution in [-0.4, -0.2) is 29.2 Å². The van der Waals surface area contributed by atoms with Gasteiger partial charge in [-0.05, 0) is 25.2 Å². The number of amides is 1. The van der Waals surface area contributed by atoms with Crippen LogP contribution >= 0.6 is 15.9 Å². The third-order valence-corrected chi connectivity index (χ3v) is 3.60. The maximum absolute atomic E-state index is 11.7. The van der Waals surface area contributed by atoms with Crippen LogP contribution in [0.2, 0.25) is 0 Å². The minimum Gasteiger partial charge on any atom is -0.343 e. The highest BCUT2D eigenvalue weighted by molar-refractivity contribution is 9.09. The lowest BCUT2D eigenvalue weighted by Crippen LogP contribution is -2.32. The largest absolute Gasteiger partial charge is 0.343 e. The van der Waals surface area contributed by atoms with E-state index < -0.39 is 0 Å². The standard InChI is InChI=1S/C12H22BrNO/c1-2-4-11-5-3-9-14(10-7-11)12(15)6-8-13/h11H,2-10H2,1H3. The van der Waals surface area contributed by atoms with Crippen molar-refractivity contribution in [1.82, 2.24) is 4.90 Å². The number of carbonyl (C=O) groups is 1. The summed E-state index contributed by atoms with van der Waals surface area (Å²) in [6, 6.07) is 0. The van der Waals surface area contributed by atoms with Crippen LogP contribution in [0.4, 0.5) is 0 Å². The number of rotatable bonds is 4. The Hall–Kier alpha value is -0.0500. The van der Waals surface area contributed by atoms with E-state index in [-0.39, 0.29) is 0 Å². The van der Waals surface area contributed by atoms with E-state index in [2.05, 4.69) is 27.8 Å². The van der Waals surface area contributed by atoms with Crippen LogP contribution in [-0.2, 0) is 4.79 Å². The monoisotopic (exact) mass is 275 g/mol. The zero-order chi connectivity index (χ0) is 11.1. The second-order valence-electron chi connectivity index (χ2n) is 4.41. The van der Waals surface area contributed by atoms with Crippen molar-refractivity contribution in [2.75, 3.05) is 18.4 Å². The normalized spacial score (nSPS) is 22.5. The Morgan fingerprint density at radius 3 is 2.87 bits per heavy atom. The molecular weight excluding hydrogens is 254 g/mol. The van der Waals surface area contributed by atoms with Crippen molar-refractivity contribution in [2.24, 2.45) is 5.92 Å². The Morgan fingerprint density at radius 2 is 2.20 bits per heavy atom. The van der Waals surface area contributed by atoms with Crippen molar-refractivity contribution in [2.45, 2.75) is 45.4 Å². The van der Waals surface area contributed by atoms with Crippen molar-refractivity contribution in [3.63, 3.8) is 0 Å². The molecular formula is C12H22BrNO. The number of carbonyl (C=O) groups excluding carboxylic acids is 1. The summed E-state index contributed by atoms with van der Waals surface area (Å²) in [7, 11) is 0. The molecule has 0 radical (unpaired) electrons. The Kier molecular flexibility index (Phi) is 6.30. The Bertz CT molecular complexity index is 196. The molecule has 1 fully saturated rings. The lowest BCUT2D eigenvalue weighted by molar-refractivity contribution is -0.130. The molecule has 88 valence electrons. The molecule has 1 aliphatic rings. The zero-order valence-electron chi connectivity index (χ0n) is 9.67. The van der Waals surface area contributed by atoms with Crippen molar-refractivity contribution < 1.29 is 4.79 Å². The second-order valence-corrected chi connectivity index (χ2v) is 5.20. The molecule has 1 atom stereocenters. The number of likely N-dealkylation sites (tertiary alicyclic amines) is 1. The summed E-state index contributed by atoms with van der Waals surface area (Å²) in [5, 5.41) is 0.792. The van der Waals surface area contributed by atoms with Crippen LogP contribution in [0.25, 0.3) is 0 Å². The average molecular weight is 276 g/mol. The van der Waals surface area contributed by atoms with Crippen molar-refractivity contribution in [3.05, 3.63) is 0 Å². The maximum Gasteiger partial charge on any atom is 0.223 e. The van der Waals surface area contributed by atoms with Gasteiger partial charge in [-0.15, -0.1) is 0 Å². The van der Waals surface area contributed by atoms with E-state index in [0.29, 0.717) is 12.3 Å². The predicted octanol–water partition coefficient (Wildman–Crippen LogP) is 3.20. The topological polar surface area (TPSA) is 20.3 Å². The third-order valence-electron chi connectivity index (χ3n) is 3.21. The summed E-state index contributed by atoms with van der Waals surface area (Å²) in [6.07, 6.45) is 6.98. The fraction of sp³-hybridized carbons (Fsp3) is 0.917. The fourth-order valence-corrected chi connectivity index (χ4v) is 2.69. The Morgan fingerprint density at radius 1 is 1.40 bits per heavy atom. The third kappa shape index (κ3) is 4.54. The number of alkyl halides is 1. The molecule has 0 bridgehead atoms. The van der Waals surface area contributed by atoms with Gasteiger partial charge < -0.3 is 4.90 Å². The molecule has 1 amide bonds. The number of hydrogen-bond acceptors (Lipinski definition) is 1. The molecule has 15 heavy (non-hydrogen) atoms. The van der Waals surface area contributed by atoms with Crippen LogP contribution in [0.15, 0.2) is 0 Å². The first kappa shape index (κ1) is 13.0. The molecule has 1 heterocycles. The molecule has 1 aliphatic heterocycles. The van der Waals surface area contributed by atoms with Gasteiger partial charge in [-0.1, -0.05) is 35.7 Å². The molecule has 0 aromatic carbocycles. The van der Waals surface area contributed by atoms with E-state index in [4.69, 9.17) is 0 Å².